The third-order valence-corrected chi connectivity index (χ3v) is 9.50. The summed E-state index contributed by atoms with van der Waals surface area (Å²) in [7, 11) is -9.35. The highest BCUT2D eigenvalue weighted by molar-refractivity contribution is 7.73. The zero-order valence-corrected chi connectivity index (χ0v) is 20.0. The van der Waals surface area contributed by atoms with E-state index in [1.165, 1.54) is 36.7 Å². The number of rotatable bonds is 7. The average Bonchev–Trinajstić information content (AvgIpc) is 2.78. The van der Waals surface area contributed by atoms with Crippen LogP contribution in [0.25, 0.3) is 0 Å². The summed E-state index contributed by atoms with van der Waals surface area (Å²) >= 11 is 0. The van der Waals surface area contributed by atoms with Crippen molar-refractivity contribution in [1.82, 2.24) is 4.98 Å². The molecule has 184 valence electrons. The number of methoxy groups -OCH3 is 1. The van der Waals surface area contributed by atoms with Gasteiger partial charge in [-0.3, -0.25) is 28.0 Å². The van der Waals surface area contributed by atoms with Crippen LogP contribution in [0.4, 0.5) is 0 Å². The Balaban J connectivity index is 1.96. The van der Waals surface area contributed by atoms with Gasteiger partial charge in [-0.05, 0) is 30.2 Å². The number of hydrogen-bond acceptors (Lipinski definition) is 10. The Morgan fingerprint density at radius 3 is 2.41 bits per heavy atom. The lowest BCUT2D eigenvalue weighted by molar-refractivity contribution is -0.134. The summed E-state index contributed by atoms with van der Waals surface area (Å²) in [6.45, 7) is 1.76. The number of aromatic nitrogens is 1. The zero-order chi connectivity index (χ0) is 25.1. The summed E-state index contributed by atoms with van der Waals surface area (Å²) in [5.41, 5.74) is -0.207. The van der Waals surface area contributed by atoms with Crippen LogP contribution in [0.5, 0.6) is 5.75 Å². The minimum Gasteiger partial charge on any atom is -0.465 e. The van der Waals surface area contributed by atoms with Crippen molar-refractivity contribution < 1.29 is 52.1 Å². The number of carbonyl (C=O) groups excluding carboxylic acids is 2. The topological polar surface area (TPSA) is 179 Å². The molecule has 2 aromatic rings. The molecule has 14 heteroatoms. The maximum atomic E-state index is 12.9. The number of ether oxygens (including phenoxy) is 2. The van der Waals surface area contributed by atoms with Crippen molar-refractivity contribution in [2.75, 3.05) is 7.11 Å². The Kier molecular flexibility index (Phi) is 7.74. The first-order valence-electron chi connectivity index (χ1n) is 10.0. The molecule has 0 spiro atoms. The monoisotopic (exact) mass is 515 g/mol. The molecular weight excluding hydrogens is 492 g/mol. The summed E-state index contributed by atoms with van der Waals surface area (Å²) in [5, 5.41) is 7.62. The minimum atomic E-state index is -5.22. The lowest BCUT2D eigenvalue weighted by Crippen LogP contribution is -2.37. The van der Waals surface area contributed by atoms with Gasteiger partial charge in [-0.1, -0.05) is 19.1 Å². The van der Waals surface area contributed by atoms with E-state index in [9.17, 15) is 33.6 Å². The number of hydrogen-bond donors (Lipinski definition) is 3. The van der Waals surface area contributed by atoms with Gasteiger partial charge >= 0.3 is 27.1 Å². The van der Waals surface area contributed by atoms with E-state index < -0.39 is 44.9 Å². The van der Waals surface area contributed by atoms with Gasteiger partial charge in [-0.2, -0.15) is 0 Å². The smallest absolute Gasteiger partial charge is 0.374 e. The Morgan fingerprint density at radius 1 is 1.18 bits per heavy atom. The molecule has 3 rings (SSSR count). The second-order valence-electron chi connectivity index (χ2n) is 7.37. The quantitative estimate of drug-likeness (QED) is 0.279. The molecule has 2 unspecified atom stereocenters. The standard InChI is InChI=1S/C20H23NO11P2/c1-3-5-17(22)30-16-8-7-14(10-15(16)18(23)29-2)19-31-33(25,26)20(24,34(27,28)32-19)11-13-6-4-9-21-12-13/h4,6-10,12,19,24H,3,5,11H2,1-2H3,(H,25,26)(H,27,28). The van der Waals surface area contributed by atoms with E-state index in [-0.39, 0.29) is 28.9 Å². The van der Waals surface area contributed by atoms with Gasteiger partial charge in [-0.25, -0.2) is 4.79 Å². The molecule has 34 heavy (non-hydrogen) atoms. The highest BCUT2D eigenvalue weighted by Crippen LogP contribution is 2.79. The van der Waals surface area contributed by atoms with Crippen molar-refractivity contribution in [1.29, 1.82) is 0 Å². The molecule has 1 aliphatic heterocycles. The van der Waals surface area contributed by atoms with Crippen LogP contribution >= 0.6 is 15.2 Å². The Labute approximate surface area is 194 Å². The van der Waals surface area contributed by atoms with Crippen LogP contribution in [0.3, 0.4) is 0 Å². The number of carbonyl (C=O) groups is 2. The molecular formula is C20H23NO11P2. The molecule has 1 aliphatic rings. The molecule has 1 aromatic carbocycles. The summed E-state index contributed by atoms with van der Waals surface area (Å²) in [6, 6.07) is 6.36. The second-order valence-corrected chi connectivity index (χ2v) is 11.7. The van der Waals surface area contributed by atoms with Crippen LogP contribution < -0.4 is 4.74 Å². The van der Waals surface area contributed by atoms with E-state index in [0.29, 0.717) is 6.42 Å². The number of benzene rings is 1. The fraction of sp³-hybridized carbons (Fsp3) is 0.350. The van der Waals surface area contributed by atoms with Gasteiger partial charge in [-0.15, -0.1) is 0 Å². The number of esters is 2. The fourth-order valence-electron chi connectivity index (χ4n) is 3.14. The minimum absolute atomic E-state index is 0.0914. The predicted molar refractivity (Wildman–Crippen MR) is 116 cm³/mol. The summed E-state index contributed by atoms with van der Waals surface area (Å²) in [5.74, 6) is -1.67. The van der Waals surface area contributed by atoms with E-state index in [1.807, 2.05) is 0 Å². The van der Waals surface area contributed by atoms with E-state index >= 15 is 0 Å². The first-order valence-corrected chi connectivity index (χ1v) is 13.2. The molecule has 1 fully saturated rings. The molecule has 12 nitrogen and oxygen atoms in total. The highest BCUT2D eigenvalue weighted by atomic mass is 31.2. The molecule has 0 amide bonds. The van der Waals surface area contributed by atoms with Crippen LogP contribution in [0.1, 0.15) is 47.5 Å². The second kappa shape index (κ2) is 10.1. The maximum Gasteiger partial charge on any atom is 0.374 e. The number of aliphatic hydroxyl groups is 1. The van der Waals surface area contributed by atoms with Gasteiger partial charge in [0.2, 0.25) is 6.29 Å². The Bertz CT molecular complexity index is 1140. The van der Waals surface area contributed by atoms with E-state index in [4.69, 9.17) is 13.8 Å². The van der Waals surface area contributed by atoms with Crippen molar-refractivity contribution in [2.24, 2.45) is 0 Å². The lowest BCUT2D eigenvalue weighted by Gasteiger charge is -2.41. The molecule has 3 N–H and O–H groups in total. The molecule has 2 atom stereocenters. The summed E-state index contributed by atoms with van der Waals surface area (Å²) in [6.07, 6.45) is 0.586. The third kappa shape index (κ3) is 5.13. The van der Waals surface area contributed by atoms with Crippen molar-refractivity contribution in [3.05, 3.63) is 59.4 Å². The van der Waals surface area contributed by atoms with Crippen LogP contribution in [-0.2, 0) is 34.1 Å². The lowest BCUT2D eigenvalue weighted by atomic mass is 10.1. The van der Waals surface area contributed by atoms with Crippen LogP contribution in [0.15, 0.2) is 42.7 Å². The molecule has 1 saturated heterocycles. The van der Waals surface area contributed by atoms with Gasteiger partial charge in [0.25, 0.3) is 5.08 Å². The third-order valence-electron chi connectivity index (χ3n) is 4.91. The van der Waals surface area contributed by atoms with E-state index in [1.54, 1.807) is 6.92 Å². The van der Waals surface area contributed by atoms with Gasteiger partial charge < -0.3 is 24.4 Å². The number of nitrogens with zero attached hydrogens (tertiary/aromatic N) is 1. The SMILES string of the molecule is CCCC(=O)Oc1ccc(C2OP(=O)(O)C(O)(Cc3cccnc3)P(=O)(O)O2)cc1C(=O)OC. The normalized spacial score (nSPS) is 28.8. The molecule has 0 bridgehead atoms. The summed E-state index contributed by atoms with van der Waals surface area (Å²) in [4.78, 5) is 48.8. The predicted octanol–water partition coefficient (Wildman–Crippen LogP) is 2.88. The van der Waals surface area contributed by atoms with Crippen LogP contribution in [-0.4, -0.2) is 44.0 Å². The fourth-order valence-corrected chi connectivity index (χ4v) is 6.72. The largest absolute Gasteiger partial charge is 0.465 e. The van der Waals surface area contributed by atoms with Gasteiger partial charge in [0.05, 0.1) is 7.11 Å². The maximum absolute atomic E-state index is 12.9. The first kappa shape index (κ1) is 26.2. The van der Waals surface area contributed by atoms with Gasteiger partial charge in [0.15, 0.2) is 0 Å². The van der Waals surface area contributed by atoms with Crippen LogP contribution in [0.2, 0.25) is 0 Å². The van der Waals surface area contributed by atoms with E-state index in [0.717, 1.165) is 13.2 Å². The zero-order valence-electron chi connectivity index (χ0n) is 18.2. The van der Waals surface area contributed by atoms with Gasteiger partial charge in [0, 0.05) is 30.8 Å². The Hall–Kier alpha value is -2.43. The van der Waals surface area contributed by atoms with Crippen LogP contribution in [0, 0.1) is 0 Å². The average molecular weight is 515 g/mol. The van der Waals surface area contributed by atoms with Crippen molar-refractivity contribution >= 4 is 27.1 Å². The van der Waals surface area contributed by atoms with Gasteiger partial charge in [0.1, 0.15) is 11.3 Å². The first-order chi connectivity index (χ1) is 15.9. The molecule has 2 heterocycles. The van der Waals surface area contributed by atoms with Crippen molar-refractivity contribution in [3.63, 3.8) is 0 Å². The highest BCUT2D eigenvalue weighted by Gasteiger charge is 2.67. The van der Waals surface area contributed by atoms with Crippen molar-refractivity contribution in [2.45, 2.75) is 37.6 Å². The molecule has 0 saturated carbocycles. The molecule has 1 aromatic heterocycles. The Morgan fingerprint density at radius 2 is 1.85 bits per heavy atom. The number of pyridine rings is 1. The molecule has 0 radical (unpaired) electrons. The van der Waals surface area contributed by atoms with Crippen molar-refractivity contribution in [3.8, 4) is 5.75 Å². The summed E-state index contributed by atoms with van der Waals surface area (Å²) < 4.78 is 45.8. The molecule has 0 aliphatic carbocycles. The van der Waals surface area contributed by atoms with E-state index in [2.05, 4.69) is 9.72 Å².